The fourth-order valence-corrected chi connectivity index (χ4v) is 1.75. The molecule has 0 aromatic carbocycles. The molecule has 0 unspecified atom stereocenters. The summed E-state index contributed by atoms with van der Waals surface area (Å²) in [6.07, 6.45) is -0.00807. The maximum absolute atomic E-state index is 10.4. The van der Waals surface area contributed by atoms with Crippen molar-refractivity contribution in [3.8, 4) is 0 Å². The molecule has 1 heterocycles. The average molecular weight is 229 g/mol. The fraction of sp³-hybridized carbons (Fsp3) is 0.556. The molecular formula is C9H15N3O2S. The number of nitrogens with one attached hydrogen (secondary N) is 1. The van der Waals surface area contributed by atoms with Crippen molar-refractivity contribution in [1.82, 2.24) is 9.88 Å². The lowest BCUT2D eigenvalue weighted by molar-refractivity contribution is -0.136. The first-order valence-corrected chi connectivity index (χ1v) is 5.50. The molecule has 0 amide bonds. The van der Waals surface area contributed by atoms with Gasteiger partial charge in [-0.2, -0.15) is 0 Å². The second kappa shape index (κ2) is 5.67. The highest BCUT2D eigenvalue weighted by atomic mass is 32.1. The van der Waals surface area contributed by atoms with E-state index in [0.717, 1.165) is 18.2 Å². The molecule has 1 aromatic heterocycles. The summed E-state index contributed by atoms with van der Waals surface area (Å²) in [6, 6.07) is 0. The molecule has 0 radical (unpaired) electrons. The Labute approximate surface area is 92.7 Å². The van der Waals surface area contributed by atoms with Crippen LogP contribution in [0.1, 0.15) is 5.69 Å². The summed E-state index contributed by atoms with van der Waals surface area (Å²) in [4.78, 5) is 16.6. The highest BCUT2D eigenvalue weighted by molar-refractivity contribution is 7.13. The van der Waals surface area contributed by atoms with Crippen LogP contribution in [-0.4, -0.2) is 48.1 Å². The van der Waals surface area contributed by atoms with Gasteiger partial charge in [0.05, 0.1) is 12.1 Å². The summed E-state index contributed by atoms with van der Waals surface area (Å²) in [5.74, 6) is -0.847. The Balaban J connectivity index is 2.36. The third kappa shape index (κ3) is 4.75. The predicted molar refractivity (Wildman–Crippen MR) is 60.5 cm³/mol. The highest BCUT2D eigenvalue weighted by Crippen LogP contribution is 2.15. The minimum atomic E-state index is -0.847. The summed E-state index contributed by atoms with van der Waals surface area (Å²) in [5.41, 5.74) is 0.611. The summed E-state index contributed by atoms with van der Waals surface area (Å²) in [6.45, 7) is 1.74. The molecule has 5 nitrogen and oxygen atoms in total. The van der Waals surface area contributed by atoms with E-state index in [1.165, 1.54) is 11.3 Å². The molecule has 0 spiro atoms. The van der Waals surface area contributed by atoms with Crippen LogP contribution in [0.2, 0.25) is 0 Å². The number of carbonyl (C=O) groups is 1. The number of anilines is 1. The van der Waals surface area contributed by atoms with Crippen LogP contribution in [0.5, 0.6) is 0 Å². The Kier molecular flexibility index (Phi) is 4.51. The van der Waals surface area contributed by atoms with Crippen molar-refractivity contribution < 1.29 is 9.90 Å². The second-order valence-corrected chi connectivity index (χ2v) is 4.30. The lowest BCUT2D eigenvalue weighted by atomic mass is 10.3. The van der Waals surface area contributed by atoms with Crippen LogP contribution in [0.4, 0.5) is 5.13 Å². The molecule has 6 heteroatoms. The van der Waals surface area contributed by atoms with Gasteiger partial charge in [0.2, 0.25) is 0 Å². The van der Waals surface area contributed by atoms with Crippen molar-refractivity contribution in [2.45, 2.75) is 6.42 Å². The number of aromatic nitrogens is 1. The van der Waals surface area contributed by atoms with E-state index in [4.69, 9.17) is 5.11 Å². The first-order chi connectivity index (χ1) is 7.08. The SMILES string of the molecule is CN(C)CCNc1nc(CC(=O)O)cs1. The van der Waals surface area contributed by atoms with Gasteiger partial charge in [0.25, 0.3) is 0 Å². The van der Waals surface area contributed by atoms with E-state index in [9.17, 15) is 4.79 Å². The number of thiazole rings is 1. The van der Waals surface area contributed by atoms with E-state index >= 15 is 0 Å². The van der Waals surface area contributed by atoms with Gasteiger partial charge in [-0.15, -0.1) is 11.3 Å². The summed E-state index contributed by atoms with van der Waals surface area (Å²) >= 11 is 1.44. The molecule has 0 saturated carbocycles. The van der Waals surface area contributed by atoms with E-state index in [0.29, 0.717) is 5.69 Å². The van der Waals surface area contributed by atoms with Gasteiger partial charge in [-0.1, -0.05) is 0 Å². The second-order valence-electron chi connectivity index (χ2n) is 3.44. The molecule has 0 aliphatic carbocycles. The molecule has 0 saturated heterocycles. The summed E-state index contributed by atoms with van der Waals surface area (Å²) < 4.78 is 0. The number of carboxylic acids is 1. The summed E-state index contributed by atoms with van der Waals surface area (Å²) in [5, 5.41) is 14.3. The van der Waals surface area contributed by atoms with Crippen molar-refractivity contribution in [3.05, 3.63) is 11.1 Å². The number of hydrogen-bond acceptors (Lipinski definition) is 5. The van der Waals surface area contributed by atoms with Crippen LogP contribution in [0.25, 0.3) is 0 Å². The van der Waals surface area contributed by atoms with Crippen molar-refractivity contribution in [1.29, 1.82) is 0 Å². The molecule has 2 N–H and O–H groups in total. The van der Waals surface area contributed by atoms with Crippen LogP contribution >= 0.6 is 11.3 Å². The van der Waals surface area contributed by atoms with Crippen LogP contribution in [-0.2, 0) is 11.2 Å². The van der Waals surface area contributed by atoms with E-state index in [2.05, 4.69) is 15.2 Å². The van der Waals surface area contributed by atoms with Crippen molar-refractivity contribution in [2.24, 2.45) is 0 Å². The Hall–Kier alpha value is -1.14. The number of nitrogens with zero attached hydrogens (tertiary/aromatic N) is 2. The predicted octanol–water partition coefficient (Wildman–Crippen LogP) is 0.744. The molecule has 84 valence electrons. The van der Waals surface area contributed by atoms with Crippen LogP contribution in [0, 0.1) is 0 Å². The topological polar surface area (TPSA) is 65.5 Å². The molecule has 0 fully saturated rings. The number of rotatable bonds is 6. The first-order valence-electron chi connectivity index (χ1n) is 4.62. The third-order valence-corrected chi connectivity index (χ3v) is 2.57. The lowest BCUT2D eigenvalue weighted by Gasteiger charge is -2.08. The Morgan fingerprint density at radius 1 is 1.67 bits per heavy atom. The minimum absolute atomic E-state index is 0.00807. The number of carboxylic acid groups (broad SMARTS) is 1. The fourth-order valence-electron chi connectivity index (χ4n) is 1.01. The lowest BCUT2D eigenvalue weighted by Crippen LogP contribution is -2.20. The van der Waals surface area contributed by atoms with Gasteiger partial charge < -0.3 is 15.3 Å². The zero-order valence-electron chi connectivity index (χ0n) is 8.86. The first kappa shape index (κ1) is 11.9. The van der Waals surface area contributed by atoms with Crippen molar-refractivity contribution >= 4 is 22.4 Å². The number of likely N-dealkylation sites (N-methyl/N-ethyl adjacent to an activating group) is 1. The maximum Gasteiger partial charge on any atom is 0.309 e. The van der Waals surface area contributed by atoms with Crippen molar-refractivity contribution in [3.63, 3.8) is 0 Å². The molecule has 1 rings (SSSR count). The zero-order valence-corrected chi connectivity index (χ0v) is 9.67. The average Bonchev–Trinajstić information content (AvgIpc) is 2.50. The smallest absolute Gasteiger partial charge is 0.309 e. The van der Waals surface area contributed by atoms with E-state index in [-0.39, 0.29) is 6.42 Å². The quantitative estimate of drug-likeness (QED) is 0.753. The maximum atomic E-state index is 10.4. The van der Waals surface area contributed by atoms with E-state index < -0.39 is 5.97 Å². The van der Waals surface area contributed by atoms with Crippen LogP contribution < -0.4 is 5.32 Å². The van der Waals surface area contributed by atoms with Gasteiger partial charge in [-0.05, 0) is 14.1 Å². The van der Waals surface area contributed by atoms with Gasteiger partial charge in [0.15, 0.2) is 5.13 Å². The van der Waals surface area contributed by atoms with Crippen LogP contribution in [0.15, 0.2) is 5.38 Å². The summed E-state index contributed by atoms with van der Waals surface area (Å²) in [7, 11) is 4.00. The molecule has 0 aliphatic heterocycles. The molecule has 0 aliphatic rings. The minimum Gasteiger partial charge on any atom is -0.481 e. The Bertz CT molecular complexity index is 325. The van der Waals surface area contributed by atoms with Crippen molar-refractivity contribution in [2.75, 3.05) is 32.5 Å². The molecule has 0 bridgehead atoms. The van der Waals surface area contributed by atoms with Gasteiger partial charge >= 0.3 is 5.97 Å². The molecule has 0 atom stereocenters. The van der Waals surface area contributed by atoms with Gasteiger partial charge in [-0.25, -0.2) is 4.98 Å². The van der Waals surface area contributed by atoms with Gasteiger partial charge in [0.1, 0.15) is 0 Å². The molecular weight excluding hydrogens is 214 g/mol. The van der Waals surface area contributed by atoms with Gasteiger partial charge in [-0.3, -0.25) is 4.79 Å². The molecule has 15 heavy (non-hydrogen) atoms. The van der Waals surface area contributed by atoms with E-state index in [1.807, 2.05) is 14.1 Å². The highest BCUT2D eigenvalue weighted by Gasteiger charge is 2.05. The standard InChI is InChI=1S/C9H15N3O2S/c1-12(2)4-3-10-9-11-7(6-15-9)5-8(13)14/h6H,3-5H2,1-2H3,(H,10,11)(H,13,14). The third-order valence-electron chi connectivity index (χ3n) is 1.72. The Morgan fingerprint density at radius 3 is 3.00 bits per heavy atom. The van der Waals surface area contributed by atoms with Crippen LogP contribution in [0.3, 0.4) is 0 Å². The largest absolute Gasteiger partial charge is 0.481 e. The van der Waals surface area contributed by atoms with Gasteiger partial charge in [0, 0.05) is 18.5 Å². The zero-order chi connectivity index (χ0) is 11.3. The monoisotopic (exact) mass is 229 g/mol. The number of hydrogen-bond donors (Lipinski definition) is 2. The number of aliphatic carboxylic acids is 1. The Morgan fingerprint density at radius 2 is 2.40 bits per heavy atom. The van der Waals surface area contributed by atoms with E-state index in [1.54, 1.807) is 5.38 Å². The molecule has 1 aromatic rings. The normalized spacial score (nSPS) is 10.6.